The van der Waals surface area contributed by atoms with Crippen LogP contribution in [-0.4, -0.2) is 16.2 Å². The zero-order valence-electron chi connectivity index (χ0n) is 17.3. The molecule has 0 aromatic heterocycles. The molecular weight excluding hydrogens is 336 g/mol. The Hall–Kier alpha value is -2.55. The molecule has 0 saturated heterocycles. The van der Waals surface area contributed by atoms with Gasteiger partial charge in [-0.15, -0.1) is 0 Å². The zero-order valence-corrected chi connectivity index (χ0v) is 17.3. The van der Waals surface area contributed by atoms with Gasteiger partial charge in [0.1, 0.15) is 5.75 Å². The van der Waals surface area contributed by atoms with Crippen LogP contribution in [0.4, 0.5) is 0 Å². The molecule has 27 heavy (non-hydrogen) atoms. The fraction of sp³-hybridized carbons (Fsp3) is 0.375. The average Bonchev–Trinajstić information content (AvgIpc) is 2.53. The van der Waals surface area contributed by atoms with Gasteiger partial charge in [-0.1, -0.05) is 59.8 Å². The van der Waals surface area contributed by atoms with Crippen LogP contribution >= 0.6 is 0 Å². The lowest BCUT2D eigenvalue weighted by molar-refractivity contribution is 0.0697. The van der Waals surface area contributed by atoms with Gasteiger partial charge in [0.25, 0.3) is 0 Å². The van der Waals surface area contributed by atoms with Crippen molar-refractivity contribution in [3.05, 3.63) is 64.2 Å². The standard InChI is InChI=1S/C24H30O3/c1-15(12-16-8-10-17(11-9-16)22(26)27)18-13-19(23(2,3)4)21(25)20(14-18)24(5,6)7/h8-14,25H,1-7H3,(H,26,27). The molecule has 144 valence electrons. The van der Waals surface area contributed by atoms with Gasteiger partial charge in [0.2, 0.25) is 0 Å². The van der Waals surface area contributed by atoms with Crippen LogP contribution in [0.15, 0.2) is 36.4 Å². The number of benzene rings is 2. The Balaban J connectivity index is 2.57. The van der Waals surface area contributed by atoms with Gasteiger partial charge in [0.15, 0.2) is 0 Å². The number of hydrogen-bond acceptors (Lipinski definition) is 2. The third-order valence-electron chi connectivity index (χ3n) is 4.72. The maximum atomic E-state index is 11.0. The minimum Gasteiger partial charge on any atom is -0.507 e. The van der Waals surface area contributed by atoms with E-state index in [0.717, 1.165) is 27.8 Å². The highest BCUT2D eigenvalue weighted by Gasteiger charge is 2.26. The highest BCUT2D eigenvalue weighted by atomic mass is 16.4. The van der Waals surface area contributed by atoms with Gasteiger partial charge < -0.3 is 10.2 Å². The summed E-state index contributed by atoms with van der Waals surface area (Å²) in [4.78, 5) is 11.0. The SMILES string of the molecule is CC(=Cc1ccc(C(=O)O)cc1)c1cc(C(C)(C)C)c(O)c(C(C)(C)C)c1. The van der Waals surface area contributed by atoms with Gasteiger partial charge in [-0.25, -0.2) is 4.79 Å². The van der Waals surface area contributed by atoms with Crippen LogP contribution in [0.1, 0.15) is 81.1 Å². The largest absolute Gasteiger partial charge is 0.507 e. The normalized spacial score (nSPS) is 12.9. The molecule has 2 N–H and O–H groups in total. The summed E-state index contributed by atoms with van der Waals surface area (Å²) < 4.78 is 0. The number of carboxylic acids is 1. The lowest BCUT2D eigenvalue weighted by atomic mass is 9.77. The Morgan fingerprint density at radius 1 is 0.852 bits per heavy atom. The molecule has 0 aliphatic heterocycles. The van der Waals surface area contributed by atoms with E-state index in [4.69, 9.17) is 5.11 Å². The van der Waals surface area contributed by atoms with Crippen molar-refractivity contribution in [1.82, 2.24) is 0 Å². The van der Waals surface area contributed by atoms with Crippen LogP contribution in [0.5, 0.6) is 5.75 Å². The van der Waals surface area contributed by atoms with E-state index in [-0.39, 0.29) is 16.4 Å². The summed E-state index contributed by atoms with van der Waals surface area (Å²) in [6.07, 6.45) is 2.04. The van der Waals surface area contributed by atoms with Crippen molar-refractivity contribution < 1.29 is 15.0 Å². The summed E-state index contributed by atoms with van der Waals surface area (Å²) in [6, 6.07) is 11.0. The van der Waals surface area contributed by atoms with E-state index in [1.54, 1.807) is 12.1 Å². The first-order valence-electron chi connectivity index (χ1n) is 9.20. The van der Waals surface area contributed by atoms with E-state index in [1.807, 2.05) is 25.1 Å². The van der Waals surface area contributed by atoms with Crippen LogP contribution in [0.3, 0.4) is 0 Å². The number of rotatable bonds is 3. The van der Waals surface area contributed by atoms with Crippen LogP contribution in [0.25, 0.3) is 11.6 Å². The van der Waals surface area contributed by atoms with Gasteiger partial charge in [-0.05, 0) is 58.7 Å². The molecule has 0 aliphatic rings. The van der Waals surface area contributed by atoms with Crippen molar-refractivity contribution in [2.75, 3.05) is 0 Å². The van der Waals surface area contributed by atoms with E-state index >= 15 is 0 Å². The molecule has 0 spiro atoms. The second-order valence-electron chi connectivity index (χ2n) is 9.17. The third-order valence-corrected chi connectivity index (χ3v) is 4.72. The average molecular weight is 367 g/mol. The second-order valence-corrected chi connectivity index (χ2v) is 9.17. The molecule has 0 fully saturated rings. The predicted molar refractivity (Wildman–Crippen MR) is 112 cm³/mol. The molecule has 3 nitrogen and oxygen atoms in total. The van der Waals surface area contributed by atoms with Crippen molar-refractivity contribution in [3.63, 3.8) is 0 Å². The predicted octanol–water partition coefficient (Wildman–Crippen LogP) is 6.25. The lowest BCUT2D eigenvalue weighted by Crippen LogP contribution is -2.17. The first kappa shape index (κ1) is 20.8. The maximum absolute atomic E-state index is 11.0. The van der Waals surface area contributed by atoms with Crippen molar-refractivity contribution in [3.8, 4) is 5.75 Å². The van der Waals surface area contributed by atoms with Crippen molar-refractivity contribution >= 4 is 17.6 Å². The number of hydrogen-bond donors (Lipinski definition) is 2. The maximum Gasteiger partial charge on any atom is 0.335 e. The summed E-state index contributed by atoms with van der Waals surface area (Å²) in [5, 5.41) is 19.9. The molecule has 0 heterocycles. The van der Waals surface area contributed by atoms with Crippen molar-refractivity contribution in [1.29, 1.82) is 0 Å². The molecule has 0 atom stereocenters. The van der Waals surface area contributed by atoms with E-state index in [0.29, 0.717) is 5.75 Å². The molecule has 0 unspecified atom stereocenters. The Morgan fingerprint density at radius 3 is 1.67 bits per heavy atom. The summed E-state index contributed by atoms with van der Waals surface area (Å²) in [6.45, 7) is 14.6. The summed E-state index contributed by atoms with van der Waals surface area (Å²) in [5.41, 5.74) is 4.85. The zero-order chi connectivity index (χ0) is 20.6. The fourth-order valence-corrected chi connectivity index (χ4v) is 3.06. The molecule has 0 aliphatic carbocycles. The van der Waals surface area contributed by atoms with E-state index in [9.17, 15) is 9.90 Å². The Labute approximate surface area is 162 Å². The van der Waals surface area contributed by atoms with Gasteiger partial charge in [0.05, 0.1) is 5.56 Å². The number of carboxylic acid groups (broad SMARTS) is 1. The van der Waals surface area contributed by atoms with E-state index in [2.05, 4.69) is 53.7 Å². The van der Waals surface area contributed by atoms with Crippen LogP contribution in [0, 0.1) is 0 Å². The van der Waals surface area contributed by atoms with Crippen molar-refractivity contribution in [2.45, 2.75) is 59.3 Å². The smallest absolute Gasteiger partial charge is 0.335 e. The number of carbonyl (C=O) groups is 1. The van der Waals surface area contributed by atoms with Crippen LogP contribution in [0.2, 0.25) is 0 Å². The molecular formula is C24H30O3. The molecule has 0 saturated carbocycles. The van der Waals surface area contributed by atoms with E-state index < -0.39 is 5.97 Å². The lowest BCUT2D eigenvalue weighted by Gasteiger charge is -2.28. The summed E-state index contributed by atoms with van der Waals surface area (Å²) >= 11 is 0. The Morgan fingerprint density at radius 2 is 1.30 bits per heavy atom. The number of aromatic hydroxyl groups is 1. The quantitative estimate of drug-likeness (QED) is 0.632. The Bertz CT molecular complexity index is 838. The second kappa shape index (κ2) is 7.22. The topological polar surface area (TPSA) is 57.5 Å². The summed E-state index contributed by atoms with van der Waals surface area (Å²) in [5.74, 6) is -0.553. The van der Waals surface area contributed by atoms with Crippen LogP contribution < -0.4 is 0 Å². The van der Waals surface area contributed by atoms with E-state index in [1.165, 1.54) is 0 Å². The van der Waals surface area contributed by atoms with Gasteiger partial charge in [-0.2, -0.15) is 0 Å². The molecule has 2 aromatic carbocycles. The number of phenols is 1. The van der Waals surface area contributed by atoms with Gasteiger partial charge >= 0.3 is 5.97 Å². The molecule has 2 aromatic rings. The van der Waals surface area contributed by atoms with Gasteiger partial charge in [0, 0.05) is 11.1 Å². The third kappa shape index (κ3) is 4.79. The monoisotopic (exact) mass is 366 g/mol. The first-order chi connectivity index (χ1) is 12.3. The highest BCUT2D eigenvalue weighted by molar-refractivity contribution is 5.88. The Kier molecular flexibility index (Phi) is 5.55. The summed E-state index contributed by atoms with van der Waals surface area (Å²) in [7, 11) is 0. The highest BCUT2D eigenvalue weighted by Crippen LogP contribution is 2.41. The molecule has 0 amide bonds. The minimum atomic E-state index is -0.926. The number of phenolic OH excluding ortho intramolecular Hbond substituents is 1. The minimum absolute atomic E-state index is 0.177. The van der Waals surface area contributed by atoms with Crippen molar-refractivity contribution in [2.24, 2.45) is 0 Å². The number of allylic oxidation sites excluding steroid dienone is 1. The number of aromatic carboxylic acids is 1. The first-order valence-corrected chi connectivity index (χ1v) is 9.20. The molecule has 0 bridgehead atoms. The fourth-order valence-electron chi connectivity index (χ4n) is 3.06. The van der Waals surface area contributed by atoms with Gasteiger partial charge in [-0.3, -0.25) is 0 Å². The van der Waals surface area contributed by atoms with Crippen LogP contribution in [-0.2, 0) is 10.8 Å². The molecule has 0 radical (unpaired) electrons. The molecule has 3 heteroatoms. The molecule has 2 rings (SSSR count).